The number of ether oxygens (including phenoxy) is 1. The summed E-state index contributed by atoms with van der Waals surface area (Å²) in [5.41, 5.74) is 3.24. The van der Waals surface area contributed by atoms with Gasteiger partial charge in [0.05, 0.1) is 17.3 Å². The average Bonchev–Trinajstić information content (AvgIpc) is 3.08. The number of hydrogen-bond acceptors (Lipinski definition) is 4. The van der Waals surface area contributed by atoms with Crippen LogP contribution in [0, 0.1) is 11.3 Å². The number of nitriles is 1. The number of alkyl carbamates (subject to hydrolysis) is 1. The van der Waals surface area contributed by atoms with Crippen molar-refractivity contribution >= 4 is 11.8 Å². The molecule has 2 aromatic carbocycles. The zero-order valence-electron chi connectivity index (χ0n) is 16.0. The Kier molecular flexibility index (Phi) is 5.36. The monoisotopic (exact) mass is 363 g/mol. The van der Waals surface area contributed by atoms with Gasteiger partial charge < -0.3 is 15.0 Å². The van der Waals surface area contributed by atoms with Gasteiger partial charge in [-0.25, -0.2) is 4.79 Å². The molecule has 2 aromatic rings. The smallest absolute Gasteiger partial charge is 0.407 e. The van der Waals surface area contributed by atoms with Crippen molar-refractivity contribution in [2.75, 3.05) is 18.0 Å². The van der Waals surface area contributed by atoms with Crippen LogP contribution >= 0.6 is 0 Å². The van der Waals surface area contributed by atoms with E-state index in [0.29, 0.717) is 12.1 Å². The standard InChI is InChI=1S/C22H25N3O2/c1-22(2,3)27-21(26)24-19-11-12-25(15-19)20-13-17(9-10-18(20)14-23)16-7-5-4-6-8-16/h4-10,13,19H,11-12,15H2,1-3H3,(H,24,26)/t19-/m0/s1. The fourth-order valence-corrected chi connectivity index (χ4v) is 3.27. The van der Waals surface area contributed by atoms with Gasteiger partial charge in [0.25, 0.3) is 0 Å². The van der Waals surface area contributed by atoms with E-state index in [2.05, 4.69) is 34.5 Å². The molecule has 1 atom stereocenters. The molecule has 1 aliphatic rings. The third-order valence-corrected chi connectivity index (χ3v) is 4.48. The van der Waals surface area contributed by atoms with Crippen LogP contribution in [-0.2, 0) is 4.74 Å². The highest BCUT2D eigenvalue weighted by molar-refractivity contribution is 5.73. The highest BCUT2D eigenvalue weighted by atomic mass is 16.6. The Morgan fingerprint density at radius 2 is 1.93 bits per heavy atom. The number of nitrogens with zero attached hydrogens (tertiary/aromatic N) is 2. The Morgan fingerprint density at radius 1 is 1.19 bits per heavy atom. The second-order valence-electron chi connectivity index (χ2n) is 7.79. The average molecular weight is 363 g/mol. The van der Waals surface area contributed by atoms with E-state index in [-0.39, 0.29) is 6.04 Å². The lowest BCUT2D eigenvalue weighted by atomic mass is 10.0. The molecule has 0 radical (unpaired) electrons. The van der Waals surface area contributed by atoms with E-state index in [1.165, 1.54) is 0 Å². The maximum atomic E-state index is 12.0. The summed E-state index contributed by atoms with van der Waals surface area (Å²) in [6.45, 7) is 6.99. The summed E-state index contributed by atoms with van der Waals surface area (Å²) in [6.07, 6.45) is 0.424. The largest absolute Gasteiger partial charge is 0.444 e. The van der Waals surface area contributed by atoms with Crippen molar-refractivity contribution in [2.24, 2.45) is 0 Å². The topological polar surface area (TPSA) is 65.4 Å². The Morgan fingerprint density at radius 3 is 2.59 bits per heavy atom. The first-order valence-corrected chi connectivity index (χ1v) is 9.20. The molecule has 27 heavy (non-hydrogen) atoms. The summed E-state index contributed by atoms with van der Waals surface area (Å²) in [4.78, 5) is 14.2. The van der Waals surface area contributed by atoms with Gasteiger partial charge in [-0.1, -0.05) is 36.4 Å². The molecule has 1 aliphatic heterocycles. The minimum Gasteiger partial charge on any atom is -0.444 e. The highest BCUT2D eigenvalue weighted by Gasteiger charge is 2.27. The molecular weight excluding hydrogens is 338 g/mol. The number of nitrogens with one attached hydrogen (secondary N) is 1. The second kappa shape index (κ2) is 7.71. The first kappa shape index (κ1) is 18.8. The minimum absolute atomic E-state index is 0.00627. The van der Waals surface area contributed by atoms with E-state index in [1.807, 2.05) is 51.1 Å². The van der Waals surface area contributed by atoms with Crippen LogP contribution in [0.15, 0.2) is 48.5 Å². The van der Waals surface area contributed by atoms with E-state index in [0.717, 1.165) is 29.8 Å². The maximum absolute atomic E-state index is 12.0. The van der Waals surface area contributed by atoms with E-state index < -0.39 is 11.7 Å². The van der Waals surface area contributed by atoms with Crippen LogP contribution in [0.2, 0.25) is 0 Å². The van der Waals surface area contributed by atoms with E-state index in [9.17, 15) is 10.1 Å². The van der Waals surface area contributed by atoms with Crippen LogP contribution in [0.5, 0.6) is 0 Å². The molecule has 0 aliphatic carbocycles. The lowest BCUT2D eigenvalue weighted by Crippen LogP contribution is -2.40. The number of rotatable bonds is 3. The summed E-state index contributed by atoms with van der Waals surface area (Å²) in [7, 11) is 0. The number of hydrogen-bond donors (Lipinski definition) is 1. The molecule has 5 heteroatoms. The number of anilines is 1. The van der Waals surface area contributed by atoms with E-state index in [4.69, 9.17) is 4.74 Å². The van der Waals surface area contributed by atoms with Crippen molar-refractivity contribution in [2.45, 2.75) is 38.8 Å². The SMILES string of the molecule is CC(C)(C)OC(=O)N[C@H]1CCN(c2cc(-c3ccccc3)ccc2C#N)C1. The molecule has 1 N–H and O–H groups in total. The normalized spacial score (nSPS) is 16.7. The van der Waals surface area contributed by atoms with Gasteiger partial charge in [0, 0.05) is 13.1 Å². The predicted octanol–water partition coefficient (Wildman–Crippen LogP) is 4.33. The van der Waals surface area contributed by atoms with Crippen molar-refractivity contribution in [3.63, 3.8) is 0 Å². The summed E-state index contributed by atoms with van der Waals surface area (Å²) < 4.78 is 5.34. The third-order valence-electron chi connectivity index (χ3n) is 4.48. The van der Waals surface area contributed by atoms with Crippen LogP contribution in [-0.4, -0.2) is 30.8 Å². The molecule has 140 valence electrons. The van der Waals surface area contributed by atoms with Gasteiger partial charge in [-0.15, -0.1) is 0 Å². The van der Waals surface area contributed by atoms with Gasteiger partial charge in [-0.05, 0) is 50.5 Å². The van der Waals surface area contributed by atoms with Gasteiger partial charge in [-0.2, -0.15) is 5.26 Å². The lowest BCUT2D eigenvalue weighted by molar-refractivity contribution is 0.0509. The fourth-order valence-electron chi connectivity index (χ4n) is 3.27. The molecule has 1 heterocycles. The molecule has 0 unspecified atom stereocenters. The number of amides is 1. The van der Waals surface area contributed by atoms with E-state index in [1.54, 1.807) is 0 Å². The summed E-state index contributed by atoms with van der Waals surface area (Å²) >= 11 is 0. The van der Waals surface area contributed by atoms with Crippen LogP contribution in [0.4, 0.5) is 10.5 Å². The number of carbonyl (C=O) groups is 1. The van der Waals surface area contributed by atoms with Crippen LogP contribution < -0.4 is 10.2 Å². The van der Waals surface area contributed by atoms with Gasteiger partial charge in [-0.3, -0.25) is 0 Å². The zero-order chi connectivity index (χ0) is 19.4. The Hall–Kier alpha value is -3.00. The van der Waals surface area contributed by atoms with Crippen LogP contribution in [0.3, 0.4) is 0 Å². The van der Waals surface area contributed by atoms with Crippen molar-refractivity contribution < 1.29 is 9.53 Å². The third kappa shape index (κ3) is 4.79. The van der Waals surface area contributed by atoms with Crippen molar-refractivity contribution in [1.29, 1.82) is 5.26 Å². The molecule has 1 fully saturated rings. The molecule has 0 bridgehead atoms. The van der Waals surface area contributed by atoms with Crippen LogP contribution in [0.1, 0.15) is 32.8 Å². The van der Waals surface area contributed by atoms with Gasteiger partial charge in [0.2, 0.25) is 0 Å². The summed E-state index contributed by atoms with van der Waals surface area (Å²) in [5, 5.41) is 12.4. The Bertz CT molecular complexity index is 850. The van der Waals surface area contributed by atoms with Gasteiger partial charge >= 0.3 is 6.09 Å². The van der Waals surface area contributed by atoms with Crippen molar-refractivity contribution in [3.8, 4) is 17.2 Å². The quantitative estimate of drug-likeness (QED) is 0.881. The predicted molar refractivity (Wildman–Crippen MR) is 107 cm³/mol. The number of carbonyl (C=O) groups excluding carboxylic acids is 1. The maximum Gasteiger partial charge on any atom is 0.407 e. The minimum atomic E-state index is -0.514. The molecule has 1 saturated heterocycles. The fraction of sp³-hybridized carbons (Fsp3) is 0.364. The van der Waals surface area contributed by atoms with E-state index >= 15 is 0 Å². The zero-order valence-corrected chi connectivity index (χ0v) is 16.0. The van der Waals surface area contributed by atoms with Gasteiger partial charge in [0.1, 0.15) is 11.7 Å². The first-order chi connectivity index (χ1) is 12.9. The first-order valence-electron chi connectivity index (χ1n) is 9.20. The van der Waals surface area contributed by atoms with Crippen molar-refractivity contribution in [1.82, 2.24) is 5.32 Å². The molecule has 0 saturated carbocycles. The second-order valence-corrected chi connectivity index (χ2v) is 7.79. The van der Waals surface area contributed by atoms with Gasteiger partial charge in [0.15, 0.2) is 0 Å². The molecule has 0 spiro atoms. The number of benzene rings is 2. The molecule has 0 aromatic heterocycles. The Balaban J connectivity index is 1.75. The molecule has 3 rings (SSSR count). The molecule has 1 amide bonds. The highest BCUT2D eigenvalue weighted by Crippen LogP contribution is 2.30. The summed E-state index contributed by atoms with van der Waals surface area (Å²) in [6, 6.07) is 18.3. The molecular formula is C22H25N3O2. The lowest BCUT2D eigenvalue weighted by Gasteiger charge is -2.23. The summed E-state index contributed by atoms with van der Waals surface area (Å²) in [5.74, 6) is 0. The Labute approximate surface area is 160 Å². The molecule has 5 nitrogen and oxygen atoms in total. The van der Waals surface area contributed by atoms with Crippen molar-refractivity contribution in [3.05, 3.63) is 54.1 Å². The van der Waals surface area contributed by atoms with Crippen LogP contribution in [0.25, 0.3) is 11.1 Å².